The summed E-state index contributed by atoms with van der Waals surface area (Å²) in [4.78, 5) is 39.9. The van der Waals surface area contributed by atoms with E-state index < -0.39 is 17.5 Å². The number of hydrogen-bond acceptors (Lipinski definition) is 3. The van der Waals surface area contributed by atoms with E-state index in [1.165, 1.54) is 0 Å². The Morgan fingerprint density at radius 2 is 1.57 bits per heavy atom. The summed E-state index contributed by atoms with van der Waals surface area (Å²) in [6.07, 6.45) is 4.14. The van der Waals surface area contributed by atoms with Gasteiger partial charge in [0.2, 0.25) is 5.91 Å². The average Bonchev–Trinajstić information content (AvgIpc) is 3.01. The molecule has 6 heteroatoms. The van der Waals surface area contributed by atoms with Crippen molar-refractivity contribution in [1.82, 2.24) is 15.5 Å². The van der Waals surface area contributed by atoms with E-state index >= 15 is 0 Å². The van der Waals surface area contributed by atoms with E-state index in [1.807, 2.05) is 67.6 Å². The van der Waals surface area contributed by atoms with E-state index in [1.54, 1.807) is 0 Å². The van der Waals surface area contributed by atoms with Crippen LogP contribution in [-0.2, 0) is 15.1 Å². The highest BCUT2D eigenvalue weighted by molar-refractivity contribution is 6.11. The van der Waals surface area contributed by atoms with Crippen LogP contribution in [0, 0.1) is 0 Å². The number of imide groups is 1. The van der Waals surface area contributed by atoms with Crippen LogP contribution in [0.25, 0.3) is 0 Å². The van der Waals surface area contributed by atoms with Gasteiger partial charge in [0.25, 0.3) is 5.91 Å². The van der Waals surface area contributed by atoms with Gasteiger partial charge in [0.1, 0.15) is 6.54 Å². The minimum Gasteiger partial charge on any atom is -0.352 e. The highest BCUT2D eigenvalue weighted by Crippen LogP contribution is 2.35. The van der Waals surface area contributed by atoms with Crippen LogP contribution in [0.1, 0.15) is 50.7 Å². The summed E-state index contributed by atoms with van der Waals surface area (Å²) in [6, 6.07) is 17.7. The minimum atomic E-state index is -1.34. The zero-order valence-corrected chi connectivity index (χ0v) is 17.6. The molecule has 1 unspecified atom stereocenters. The molecule has 0 spiro atoms. The molecule has 1 saturated heterocycles. The van der Waals surface area contributed by atoms with Crippen LogP contribution in [-0.4, -0.2) is 35.3 Å². The van der Waals surface area contributed by atoms with Crippen molar-refractivity contribution in [2.45, 2.75) is 51.1 Å². The van der Waals surface area contributed by atoms with Gasteiger partial charge in [0.05, 0.1) is 0 Å². The van der Waals surface area contributed by atoms with Crippen molar-refractivity contribution in [1.29, 1.82) is 0 Å². The summed E-state index contributed by atoms with van der Waals surface area (Å²) < 4.78 is 0. The van der Waals surface area contributed by atoms with E-state index in [4.69, 9.17) is 0 Å². The number of hydrogen-bond donors (Lipinski definition) is 2. The molecule has 4 amide bonds. The summed E-state index contributed by atoms with van der Waals surface area (Å²) in [5.41, 5.74) is -0.0251. The molecule has 0 saturated carbocycles. The SMILES string of the molecule is CCCCCC(C)NC(=O)CN1C(=O)NC(c2ccccc2)(c2ccccc2)C1=O. The fraction of sp³-hybridized carbons (Fsp3) is 0.375. The second-order valence-corrected chi connectivity index (χ2v) is 7.77. The predicted molar refractivity (Wildman–Crippen MR) is 116 cm³/mol. The predicted octanol–water partition coefficient (Wildman–Crippen LogP) is 3.57. The number of urea groups is 1. The first kappa shape index (κ1) is 21.6. The van der Waals surface area contributed by atoms with Crippen molar-refractivity contribution in [3.63, 3.8) is 0 Å². The van der Waals surface area contributed by atoms with Crippen LogP contribution in [0.4, 0.5) is 4.79 Å². The maximum Gasteiger partial charge on any atom is 0.326 e. The van der Waals surface area contributed by atoms with Crippen LogP contribution in [0.2, 0.25) is 0 Å². The third kappa shape index (κ3) is 4.37. The fourth-order valence-electron chi connectivity index (χ4n) is 3.89. The Labute approximate surface area is 177 Å². The van der Waals surface area contributed by atoms with E-state index in [-0.39, 0.29) is 18.5 Å². The van der Waals surface area contributed by atoms with Gasteiger partial charge in [-0.2, -0.15) is 0 Å². The Hall–Kier alpha value is -3.15. The number of unbranched alkanes of at least 4 members (excludes halogenated alkanes) is 2. The number of rotatable bonds is 9. The summed E-state index contributed by atoms with van der Waals surface area (Å²) in [5, 5.41) is 5.76. The molecule has 2 aromatic carbocycles. The molecule has 1 fully saturated rings. The van der Waals surface area contributed by atoms with Crippen LogP contribution < -0.4 is 10.6 Å². The summed E-state index contributed by atoms with van der Waals surface area (Å²) in [7, 11) is 0. The molecule has 0 bridgehead atoms. The molecule has 158 valence electrons. The molecule has 1 aliphatic heterocycles. The van der Waals surface area contributed by atoms with E-state index in [0.29, 0.717) is 11.1 Å². The van der Waals surface area contributed by atoms with Gasteiger partial charge in [-0.3, -0.25) is 14.5 Å². The Morgan fingerprint density at radius 1 is 1.00 bits per heavy atom. The monoisotopic (exact) mass is 407 g/mol. The number of carbonyl (C=O) groups is 3. The van der Waals surface area contributed by atoms with Crippen molar-refractivity contribution in [3.05, 3.63) is 71.8 Å². The largest absolute Gasteiger partial charge is 0.352 e. The highest BCUT2D eigenvalue weighted by atomic mass is 16.2. The summed E-state index contributed by atoms with van der Waals surface area (Å²) in [5.74, 6) is -0.780. The number of nitrogens with zero attached hydrogens (tertiary/aromatic N) is 1. The van der Waals surface area contributed by atoms with Gasteiger partial charge in [0.15, 0.2) is 5.54 Å². The quantitative estimate of drug-likeness (QED) is 0.493. The van der Waals surface area contributed by atoms with Gasteiger partial charge in [-0.25, -0.2) is 4.79 Å². The lowest BCUT2D eigenvalue weighted by Crippen LogP contribution is -2.46. The molecule has 6 nitrogen and oxygen atoms in total. The highest BCUT2D eigenvalue weighted by Gasteiger charge is 2.54. The minimum absolute atomic E-state index is 0.00202. The first-order valence-corrected chi connectivity index (χ1v) is 10.5. The number of carbonyl (C=O) groups excluding carboxylic acids is 3. The Morgan fingerprint density at radius 3 is 2.10 bits per heavy atom. The zero-order chi connectivity index (χ0) is 21.6. The lowest BCUT2D eigenvalue weighted by atomic mass is 9.82. The first-order valence-electron chi connectivity index (χ1n) is 10.5. The Bertz CT molecular complexity index is 844. The van der Waals surface area contributed by atoms with Gasteiger partial charge in [0, 0.05) is 6.04 Å². The van der Waals surface area contributed by atoms with Crippen LogP contribution in [0.15, 0.2) is 60.7 Å². The van der Waals surface area contributed by atoms with Gasteiger partial charge in [-0.15, -0.1) is 0 Å². The second kappa shape index (κ2) is 9.57. The lowest BCUT2D eigenvalue weighted by Gasteiger charge is -2.28. The van der Waals surface area contributed by atoms with E-state index in [0.717, 1.165) is 30.6 Å². The van der Waals surface area contributed by atoms with E-state index in [9.17, 15) is 14.4 Å². The molecular weight excluding hydrogens is 378 g/mol. The number of amides is 4. The smallest absolute Gasteiger partial charge is 0.326 e. The first-order chi connectivity index (χ1) is 14.5. The van der Waals surface area contributed by atoms with Gasteiger partial charge in [-0.05, 0) is 24.5 Å². The van der Waals surface area contributed by atoms with Gasteiger partial charge >= 0.3 is 6.03 Å². The Kier molecular flexibility index (Phi) is 6.87. The van der Waals surface area contributed by atoms with Gasteiger partial charge in [-0.1, -0.05) is 86.8 Å². The zero-order valence-electron chi connectivity index (χ0n) is 17.6. The normalized spacial score (nSPS) is 16.3. The topological polar surface area (TPSA) is 78.5 Å². The summed E-state index contributed by atoms with van der Waals surface area (Å²) in [6.45, 7) is 3.77. The number of nitrogens with one attached hydrogen (secondary N) is 2. The molecule has 1 atom stereocenters. The third-order valence-corrected chi connectivity index (χ3v) is 5.47. The second-order valence-electron chi connectivity index (χ2n) is 7.77. The maximum absolute atomic E-state index is 13.5. The van der Waals surface area contributed by atoms with Crippen molar-refractivity contribution in [3.8, 4) is 0 Å². The molecule has 30 heavy (non-hydrogen) atoms. The van der Waals surface area contributed by atoms with Gasteiger partial charge < -0.3 is 10.6 Å². The van der Waals surface area contributed by atoms with Crippen LogP contribution >= 0.6 is 0 Å². The Balaban J connectivity index is 1.81. The molecular formula is C24H29N3O3. The molecule has 2 aromatic rings. The molecule has 1 heterocycles. The molecule has 2 N–H and O–H groups in total. The standard InChI is InChI=1S/C24H29N3O3/c1-3-4-7-12-18(2)25-21(28)17-27-22(29)24(26-23(27)30,19-13-8-5-9-14-19)20-15-10-6-11-16-20/h5-6,8-11,13-16,18H,3-4,7,12,17H2,1-2H3,(H,25,28)(H,26,30). The summed E-state index contributed by atoms with van der Waals surface area (Å²) >= 11 is 0. The third-order valence-electron chi connectivity index (χ3n) is 5.47. The number of benzene rings is 2. The van der Waals surface area contributed by atoms with Crippen molar-refractivity contribution >= 4 is 17.8 Å². The van der Waals surface area contributed by atoms with Crippen LogP contribution in [0.3, 0.4) is 0 Å². The van der Waals surface area contributed by atoms with E-state index in [2.05, 4.69) is 17.6 Å². The molecule has 0 aromatic heterocycles. The average molecular weight is 408 g/mol. The molecule has 1 aliphatic rings. The van der Waals surface area contributed by atoms with Crippen LogP contribution in [0.5, 0.6) is 0 Å². The molecule has 3 rings (SSSR count). The fourth-order valence-corrected chi connectivity index (χ4v) is 3.89. The van der Waals surface area contributed by atoms with Crippen molar-refractivity contribution < 1.29 is 14.4 Å². The molecule has 0 radical (unpaired) electrons. The van der Waals surface area contributed by atoms with Crippen molar-refractivity contribution in [2.75, 3.05) is 6.54 Å². The maximum atomic E-state index is 13.5. The molecule has 0 aliphatic carbocycles. The lowest BCUT2D eigenvalue weighted by molar-refractivity contribution is -0.134. The van der Waals surface area contributed by atoms with Crippen molar-refractivity contribution in [2.24, 2.45) is 0 Å².